The van der Waals surface area contributed by atoms with Crippen LogP contribution in [0.1, 0.15) is 33.9 Å². The first-order valence-electron chi connectivity index (χ1n) is 12.3. The predicted molar refractivity (Wildman–Crippen MR) is 138 cm³/mol. The number of benzene rings is 2. The maximum absolute atomic E-state index is 13.7. The molecule has 0 aliphatic carbocycles. The second-order valence-corrected chi connectivity index (χ2v) is 9.12. The largest absolute Gasteiger partial charge is 0.503 e. The van der Waals surface area contributed by atoms with Gasteiger partial charge in [0, 0.05) is 31.7 Å². The zero-order chi connectivity index (χ0) is 26.5. The summed E-state index contributed by atoms with van der Waals surface area (Å²) in [6, 6.07) is 9.68. The van der Waals surface area contributed by atoms with E-state index in [1.165, 1.54) is 21.3 Å². The molecule has 9 nitrogen and oxygen atoms in total. The van der Waals surface area contributed by atoms with Gasteiger partial charge in [0.15, 0.2) is 23.0 Å². The van der Waals surface area contributed by atoms with E-state index >= 15 is 0 Å². The number of hydrogen-bond acceptors (Lipinski definition) is 8. The van der Waals surface area contributed by atoms with Crippen molar-refractivity contribution in [3.8, 4) is 17.2 Å². The lowest BCUT2D eigenvalue weighted by Gasteiger charge is -2.30. The number of amides is 1. The van der Waals surface area contributed by atoms with Gasteiger partial charge in [-0.25, -0.2) is 0 Å². The molecular weight excluding hydrogens is 476 g/mol. The molecule has 1 amide bonds. The van der Waals surface area contributed by atoms with Gasteiger partial charge in [-0.3, -0.25) is 14.5 Å². The van der Waals surface area contributed by atoms with Crippen molar-refractivity contribution in [2.75, 3.05) is 60.7 Å². The molecule has 1 atom stereocenters. The van der Waals surface area contributed by atoms with Crippen LogP contribution in [0.4, 0.5) is 0 Å². The average Bonchev–Trinajstić information content (AvgIpc) is 3.17. The second kappa shape index (κ2) is 11.7. The van der Waals surface area contributed by atoms with Gasteiger partial charge in [0.25, 0.3) is 5.91 Å². The van der Waals surface area contributed by atoms with Crippen molar-refractivity contribution in [3.63, 3.8) is 0 Å². The Hall–Kier alpha value is -3.56. The molecule has 4 rings (SSSR count). The normalized spacial score (nSPS) is 18.3. The van der Waals surface area contributed by atoms with Crippen LogP contribution in [0.25, 0.3) is 0 Å². The Morgan fingerprint density at radius 2 is 1.62 bits per heavy atom. The quantitative estimate of drug-likeness (QED) is 0.486. The lowest BCUT2D eigenvalue weighted by molar-refractivity contribution is -0.129. The number of Topliss-reactive ketones (excluding diaryl/α,β-unsaturated/α-hetero) is 1. The van der Waals surface area contributed by atoms with E-state index in [2.05, 4.69) is 4.90 Å². The summed E-state index contributed by atoms with van der Waals surface area (Å²) in [4.78, 5) is 30.9. The minimum absolute atomic E-state index is 0.0366. The Labute approximate surface area is 217 Å². The van der Waals surface area contributed by atoms with E-state index in [-0.39, 0.29) is 5.57 Å². The second-order valence-electron chi connectivity index (χ2n) is 9.12. The molecule has 198 valence electrons. The third-order valence-electron chi connectivity index (χ3n) is 6.84. The number of ketones is 1. The summed E-state index contributed by atoms with van der Waals surface area (Å²) in [5.74, 6) is -0.319. The fourth-order valence-electron chi connectivity index (χ4n) is 4.87. The van der Waals surface area contributed by atoms with E-state index in [0.717, 1.165) is 25.2 Å². The number of ether oxygens (including phenoxy) is 4. The van der Waals surface area contributed by atoms with Crippen LogP contribution < -0.4 is 14.2 Å². The van der Waals surface area contributed by atoms with E-state index in [9.17, 15) is 14.7 Å². The number of rotatable bonds is 10. The predicted octanol–water partition coefficient (Wildman–Crippen LogP) is 3.32. The van der Waals surface area contributed by atoms with Crippen LogP contribution >= 0.6 is 0 Å². The van der Waals surface area contributed by atoms with Crippen molar-refractivity contribution in [1.29, 1.82) is 0 Å². The topological polar surface area (TPSA) is 97.8 Å². The van der Waals surface area contributed by atoms with Crippen molar-refractivity contribution >= 4 is 11.7 Å². The first-order chi connectivity index (χ1) is 17.9. The van der Waals surface area contributed by atoms with E-state index in [1.807, 2.05) is 19.1 Å². The molecule has 1 N–H and O–H groups in total. The van der Waals surface area contributed by atoms with Crippen LogP contribution in [0.2, 0.25) is 0 Å². The molecule has 2 aromatic rings. The third kappa shape index (κ3) is 5.42. The number of nitrogens with zero attached hydrogens (tertiary/aromatic N) is 2. The monoisotopic (exact) mass is 510 g/mol. The van der Waals surface area contributed by atoms with Crippen LogP contribution in [0, 0.1) is 6.92 Å². The highest BCUT2D eigenvalue weighted by atomic mass is 16.5. The van der Waals surface area contributed by atoms with Gasteiger partial charge < -0.3 is 29.0 Å². The molecule has 0 spiro atoms. The molecule has 2 aliphatic rings. The van der Waals surface area contributed by atoms with Gasteiger partial charge >= 0.3 is 0 Å². The SMILES string of the molecule is COc1cc(C2C(C(=O)c3ccc(C)cc3)=C(O)C(=O)N2CCCN2CCOCC2)cc(OC)c1OC. The highest BCUT2D eigenvalue weighted by Crippen LogP contribution is 2.45. The Morgan fingerprint density at radius 3 is 2.19 bits per heavy atom. The van der Waals surface area contributed by atoms with Crippen molar-refractivity contribution in [2.45, 2.75) is 19.4 Å². The summed E-state index contributed by atoms with van der Waals surface area (Å²) < 4.78 is 21.9. The highest BCUT2D eigenvalue weighted by molar-refractivity contribution is 6.16. The van der Waals surface area contributed by atoms with Crippen molar-refractivity contribution in [3.05, 3.63) is 64.4 Å². The molecule has 0 radical (unpaired) electrons. The maximum Gasteiger partial charge on any atom is 0.290 e. The first-order valence-corrected chi connectivity index (χ1v) is 12.3. The van der Waals surface area contributed by atoms with Crippen molar-refractivity contribution < 1.29 is 33.6 Å². The summed E-state index contributed by atoms with van der Waals surface area (Å²) in [6.07, 6.45) is 0.673. The van der Waals surface area contributed by atoms with E-state index in [1.54, 1.807) is 29.2 Å². The van der Waals surface area contributed by atoms with Crippen molar-refractivity contribution in [1.82, 2.24) is 9.80 Å². The fraction of sp³-hybridized carbons (Fsp3) is 0.429. The van der Waals surface area contributed by atoms with Crippen LogP contribution in [-0.4, -0.2) is 87.3 Å². The number of aliphatic hydroxyl groups excluding tert-OH is 1. The van der Waals surface area contributed by atoms with Gasteiger partial charge in [0.1, 0.15) is 0 Å². The molecule has 9 heteroatoms. The lowest BCUT2D eigenvalue weighted by atomic mass is 9.92. The number of carbonyl (C=O) groups is 2. The summed E-state index contributed by atoms with van der Waals surface area (Å²) in [5.41, 5.74) is 2.01. The Morgan fingerprint density at radius 1 is 1.00 bits per heavy atom. The van der Waals surface area contributed by atoms with Gasteiger partial charge in [-0.2, -0.15) is 0 Å². The van der Waals surface area contributed by atoms with Crippen LogP contribution in [0.3, 0.4) is 0 Å². The molecule has 0 saturated carbocycles. The molecule has 2 aliphatic heterocycles. The van der Waals surface area contributed by atoms with Crippen LogP contribution in [0.15, 0.2) is 47.7 Å². The molecule has 1 fully saturated rings. The first kappa shape index (κ1) is 26.5. The Bertz CT molecular complexity index is 1140. The Balaban J connectivity index is 1.73. The number of hydrogen-bond donors (Lipinski definition) is 1. The number of carbonyl (C=O) groups excluding carboxylic acids is 2. The van der Waals surface area contributed by atoms with Gasteiger partial charge in [-0.15, -0.1) is 0 Å². The summed E-state index contributed by atoms with van der Waals surface area (Å²) in [5, 5.41) is 11.0. The van der Waals surface area contributed by atoms with Crippen LogP contribution in [0.5, 0.6) is 17.2 Å². The number of morpholine rings is 1. The van der Waals surface area contributed by atoms with Gasteiger partial charge in [0.2, 0.25) is 5.75 Å². The molecule has 0 aromatic heterocycles. The molecule has 2 aromatic carbocycles. The third-order valence-corrected chi connectivity index (χ3v) is 6.84. The number of aliphatic hydroxyl groups is 1. The highest BCUT2D eigenvalue weighted by Gasteiger charge is 2.44. The minimum atomic E-state index is -0.820. The summed E-state index contributed by atoms with van der Waals surface area (Å²) >= 11 is 0. The van der Waals surface area contributed by atoms with Gasteiger partial charge in [-0.05, 0) is 31.0 Å². The molecule has 37 heavy (non-hydrogen) atoms. The molecule has 1 unspecified atom stereocenters. The zero-order valence-corrected chi connectivity index (χ0v) is 21.8. The van der Waals surface area contributed by atoms with E-state index in [0.29, 0.717) is 54.6 Å². The smallest absolute Gasteiger partial charge is 0.290 e. The average molecular weight is 511 g/mol. The van der Waals surface area contributed by atoms with Crippen molar-refractivity contribution in [2.24, 2.45) is 0 Å². The maximum atomic E-state index is 13.7. The van der Waals surface area contributed by atoms with E-state index in [4.69, 9.17) is 18.9 Å². The number of aryl methyl sites for hydroxylation is 1. The van der Waals surface area contributed by atoms with E-state index < -0.39 is 23.5 Å². The van der Waals surface area contributed by atoms with Gasteiger partial charge in [-0.1, -0.05) is 29.8 Å². The molecule has 0 bridgehead atoms. The summed E-state index contributed by atoms with van der Waals surface area (Å²) in [7, 11) is 4.52. The zero-order valence-electron chi connectivity index (χ0n) is 21.8. The van der Waals surface area contributed by atoms with Gasteiger partial charge in [0.05, 0.1) is 46.2 Å². The number of methoxy groups -OCH3 is 3. The standard InChI is InChI=1S/C28H34N2O7/c1-18-6-8-19(9-7-18)25(31)23-24(20-16-21(34-2)27(36-4)22(17-20)35-3)30(28(33)26(23)32)11-5-10-29-12-14-37-15-13-29/h6-9,16-17,24,32H,5,10-15H2,1-4H3. The molecular formula is C28H34N2O7. The fourth-order valence-corrected chi connectivity index (χ4v) is 4.87. The molecule has 1 saturated heterocycles. The Kier molecular flexibility index (Phi) is 8.35. The summed E-state index contributed by atoms with van der Waals surface area (Å²) in [6.45, 7) is 6.11. The lowest BCUT2D eigenvalue weighted by Crippen LogP contribution is -2.39. The minimum Gasteiger partial charge on any atom is -0.503 e. The van der Waals surface area contributed by atoms with Crippen LogP contribution in [-0.2, 0) is 9.53 Å². The molecule has 2 heterocycles.